The first-order chi connectivity index (χ1) is 9.31. The molecule has 6 nitrogen and oxygen atoms in total. The zero-order valence-electron chi connectivity index (χ0n) is 10.4. The molecule has 1 aromatic rings. The summed E-state index contributed by atoms with van der Waals surface area (Å²) in [6.07, 6.45) is 1.55. The molecule has 0 fully saturated rings. The van der Waals surface area contributed by atoms with Crippen LogP contribution in [0.15, 0.2) is 18.2 Å². The number of unbranched alkanes of at least 4 members (excludes halogenated alkanes) is 2. The molecule has 0 aliphatic rings. The summed E-state index contributed by atoms with van der Waals surface area (Å²) in [5.74, 6) is -0.0648. The Labute approximate surface area is 126 Å². The summed E-state index contributed by atoms with van der Waals surface area (Å²) in [5, 5.41) is 11.0. The summed E-state index contributed by atoms with van der Waals surface area (Å²) in [4.78, 5) is 10.2. The zero-order chi connectivity index (χ0) is 15.2. The first-order valence-electron chi connectivity index (χ1n) is 5.79. The first-order valence-corrected chi connectivity index (χ1v) is 8.65. The van der Waals surface area contributed by atoms with Gasteiger partial charge in [0.15, 0.2) is 0 Å². The molecule has 112 valence electrons. The largest absolute Gasteiger partial charge is 0.486 e. The lowest BCUT2D eigenvalue weighted by Gasteiger charge is -2.08. The number of halogens is 2. The van der Waals surface area contributed by atoms with Gasteiger partial charge in [0.05, 0.1) is 22.3 Å². The van der Waals surface area contributed by atoms with Crippen molar-refractivity contribution in [2.24, 2.45) is 0 Å². The minimum Gasteiger partial charge on any atom is -0.486 e. The molecule has 0 N–H and O–H groups in total. The molecule has 1 aromatic carbocycles. The van der Waals surface area contributed by atoms with Crippen molar-refractivity contribution in [1.29, 1.82) is 0 Å². The fourth-order valence-electron chi connectivity index (χ4n) is 1.51. The fraction of sp³-hybridized carbons (Fsp3) is 0.455. The number of para-hydroxylation sites is 1. The molecule has 0 saturated heterocycles. The second-order valence-electron chi connectivity index (χ2n) is 4.00. The molecule has 0 aliphatic carbocycles. The van der Waals surface area contributed by atoms with Crippen molar-refractivity contribution in [3.8, 4) is 5.75 Å². The van der Waals surface area contributed by atoms with E-state index in [9.17, 15) is 18.5 Å². The van der Waals surface area contributed by atoms with E-state index in [-0.39, 0.29) is 28.8 Å². The lowest BCUT2D eigenvalue weighted by atomic mass is 10.2. The van der Waals surface area contributed by atoms with Crippen LogP contribution in [-0.4, -0.2) is 25.7 Å². The predicted octanol–water partition coefficient (Wildman–Crippen LogP) is 3.37. The highest BCUT2D eigenvalue weighted by molar-refractivity contribution is 8.13. The summed E-state index contributed by atoms with van der Waals surface area (Å²) < 4.78 is 26.7. The number of benzene rings is 1. The van der Waals surface area contributed by atoms with Gasteiger partial charge in [0.2, 0.25) is 14.8 Å². The van der Waals surface area contributed by atoms with Crippen LogP contribution in [0.2, 0.25) is 5.02 Å². The Hall–Kier alpha value is -1.05. The Balaban J connectivity index is 2.45. The third kappa shape index (κ3) is 5.94. The van der Waals surface area contributed by atoms with Gasteiger partial charge in [0, 0.05) is 16.7 Å². The molecule has 0 saturated carbocycles. The maximum Gasteiger partial charge on any atom is 0.312 e. The highest BCUT2D eigenvalue weighted by Crippen LogP contribution is 2.34. The summed E-state index contributed by atoms with van der Waals surface area (Å²) in [5.41, 5.74) is -0.194. The Kier molecular flexibility index (Phi) is 6.51. The average molecular weight is 342 g/mol. The molecule has 0 atom stereocenters. The normalized spacial score (nSPS) is 11.3. The van der Waals surface area contributed by atoms with Gasteiger partial charge in [-0.3, -0.25) is 10.1 Å². The van der Waals surface area contributed by atoms with Crippen molar-refractivity contribution in [1.82, 2.24) is 0 Å². The fourth-order valence-corrected chi connectivity index (χ4v) is 2.61. The van der Waals surface area contributed by atoms with Gasteiger partial charge in [-0.2, -0.15) is 0 Å². The predicted molar refractivity (Wildman–Crippen MR) is 77.1 cm³/mol. The summed E-state index contributed by atoms with van der Waals surface area (Å²) >= 11 is 5.85. The van der Waals surface area contributed by atoms with E-state index in [4.69, 9.17) is 27.0 Å². The van der Waals surface area contributed by atoms with Crippen molar-refractivity contribution in [3.63, 3.8) is 0 Å². The van der Waals surface area contributed by atoms with Gasteiger partial charge in [0.25, 0.3) is 0 Å². The highest BCUT2D eigenvalue weighted by atomic mass is 35.7. The Bertz CT molecular complexity index is 576. The molecule has 20 heavy (non-hydrogen) atoms. The van der Waals surface area contributed by atoms with E-state index in [1.807, 2.05) is 0 Å². The molecular weight excluding hydrogens is 329 g/mol. The Morgan fingerprint density at radius 2 is 1.95 bits per heavy atom. The van der Waals surface area contributed by atoms with E-state index in [2.05, 4.69) is 0 Å². The lowest BCUT2D eigenvalue weighted by Crippen LogP contribution is -2.03. The van der Waals surface area contributed by atoms with E-state index >= 15 is 0 Å². The molecule has 0 amide bonds. The number of ether oxygens (including phenoxy) is 1. The lowest BCUT2D eigenvalue weighted by molar-refractivity contribution is -0.385. The maximum absolute atomic E-state index is 10.8. The van der Waals surface area contributed by atoms with E-state index in [0.717, 1.165) is 0 Å². The SMILES string of the molecule is O=[N+]([O-])c1cccc(Cl)c1OCCCCCS(=O)(=O)Cl. The van der Waals surface area contributed by atoms with Gasteiger partial charge in [0.1, 0.15) is 0 Å². The smallest absolute Gasteiger partial charge is 0.312 e. The second kappa shape index (κ2) is 7.66. The van der Waals surface area contributed by atoms with Gasteiger partial charge in [-0.25, -0.2) is 8.42 Å². The van der Waals surface area contributed by atoms with Gasteiger partial charge in [-0.15, -0.1) is 0 Å². The quantitative estimate of drug-likeness (QED) is 0.313. The zero-order valence-corrected chi connectivity index (χ0v) is 12.7. The van der Waals surface area contributed by atoms with Gasteiger partial charge >= 0.3 is 5.69 Å². The van der Waals surface area contributed by atoms with Crippen LogP contribution >= 0.6 is 22.3 Å². The van der Waals surface area contributed by atoms with Crippen LogP contribution in [0.3, 0.4) is 0 Å². The Morgan fingerprint density at radius 3 is 2.55 bits per heavy atom. The minimum atomic E-state index is -3.47. The van der Waals surface area contributed by atoms with Crippen molar-refractivity contribution >= 4 is 37.0 Å². The molecule has 0 radical (unpaired) electrons. The van der Waals surface area contributed by atoms with E-state index in [1.165, 1.54) is 18.2 Å². The molecular formula is C11H13Cl2NO5S. The molecule has 1 rings (SSSR count). The van der Waals surface area contributed by atoms with Gasteiger partial charge in [-0.05, 0) is 25.3 Å². The second-order valence-corrected chi connectivity index (χ2v) is 7.30. The van der Waals surface area contributed by atoms with Gasteiger partial charge < -0.3 is 4.74 Å². The molecule has 0 heterocycles. The third-order valence-corrected chi connectivity index (χ3v) is 3.96. The van der Waals surface area contributed by atoms with E-state index < -0.39 is 14.0 Å². The first kappa shape index (κ1) is 17.0. The van der Waals surface area contributed by atoms with E-state index in [0.29, 0.717) is 19.3 Å². The van der Waals surface area contributed by atoms with Crippen LogP contribution in [0.5, 0.6) is 5.75 Å². The molecule has 0 spiro atoms. The molecule has 9 heteroatoms. The van der Waals surface area contributed by atoms with Crippen LogP contribution in [-0.2, 0) is 9.05 Å². The molecule has 0 bridgehead atoms. The number of hydrogen-bond donors (Lipinski definition) is 0. The maximum atomic E-state index is 10.8. The minimum absolute atomic E-state index is 0.0316. The molecule has 0 aliphatic heterocycles. The van der Waals surface area contributed by atoms with Crippen LogP contribution in [0, 0.1) is 10.1 Å². The van der Waals surface area contributed by atoms with Crippen LogP contribution in [0.25, 0.3) is 0 Å². The number of rotatable bonds is 8. The number of hydrogen-bond acceptors (Lipinski definition) is 5. The summed E-state index contributed by atoms with van der Waals surface area (Å²) in [7, 11) is 1.60. The van der Waals surface area contributed by atoms with Crippen molar-refractivity contribution in [2.75, 3.05) is 12.4 Å². The van der Waals surface area contributed by atoms with Crippen LogP contribution < -0.4 is 4.74 Å². The Morgan fingerprint density at radius 1 is 1.25 bits per heavy atom. The van der Waals surface area contributed by atoms with Crippen molar-refractivity contribution < 1.29 is 18.1 Å². The summed E-state index contributed by atoms with van der Waals surface area (Å²) in [6, 6.07) is 4.28. The summed E-state index contributed by atoms with van der Waals surface area (Å²) in [6.45, 7) is 0.215. The van der Waals surface area contributed by atoms with Gasteiger partial charge in [-0.1, -0.05) is 17.7 Å². The standard InChI is InChI=1S/C11H13Cl2NO5S/c12-9-5-4-6-10(14(15)16)11(9)19-7-2-1-3-8-20(13,17)18/h4-6H,1-3,7-8H2. The third-order valence-electron chi connectivity index (χ3n) is 2.42. The number of nitro benzene ring substituents is 1. The molecule has 0 unspecified atom stereocenters. The average Bonchev–Trinajstić information content (AvgIpc) is 2.33. The van der Waals surface area contributed by atoms with E-state index in [1.54, 1.807) is 0 Å². The number of nitro groups is 1. The topological polar surface area (TPSA) is 86.5 Å². The highest BCUT2D eigenvalue weighted by Gasteiger charge is 2.17. The van der Waals surface area contributed by atoms with Crippen LogP contribution in [0.1, 0.15) is 19.3 Å². The van der Waals surface area contributed by atoms with Crippen LogP contribution in [0.4, 0.5) is 5.69 Å². The van der Waals surface area contributed by atoms with Crippen molar-refractivity contribution in [2.45, 2.75) is 19.3 Å². The number of nitrogens with zero attached hydrogens (tertiary/aromatic N) is 1. The molecule has 0 aromatic heterocycles. The monoisotopic (exact) mass is 341 g/mol. The van der Waals surface area contributed by atoms with Crippen molar-refractivity contribution in [3.05, 3.63) is 33.3 Å².